The van der Waals surface area contributed by atoms with Gasteiger partial charge in [-0.15, -0.1) is 0 Å². The van der Waals surface area contributed by atoms with Gasteiger partial charge in [0.1, 0.15) is 0 Å². The molecule has 0 radical (unpaired) electrons. The molecule has 0 atom stereocenters. The number of nitrogens with one attached hydrogen (secondary N) is 2. The van der Waals surface area contributed by atoms with Crippen molar-refractivity contribution in [2.45, 2.75) is 37.6 Å². The Labute approximate surface area is 183 Å². The van der Waals surface area contributed by atoms with Crippen molar-refractivity contribution < 1.29 is 22.7 Å². The van der Waals surface area contributed by atoms with Crippen LogP contribution in [0.25, 0.3) is 6.08 Å². The van der Waals surface area contributed by atoms with E-state index in [9.17, 15) is 13.2 Å². The minimum absolute atomic E-state index is 0.0188. The number of rotatable bonds is 10. The van der Waals surface area contributed by atoms with Crippen molar-refractivity contribution in [1.82, 2.24) is 4.72 Å². The standard InChI is InChI=1S/C23H28N2O5S/c1-16(2)15-30-21-11-7-17(13-22(21)29-3)8-12-23(26)24-19-5-4-6-20(14-19)31(27,28)25-18-9-10-18/h4-8,11-14,16,18,25H,9-10,15H2,1-3H3,(H,24,26)/b12-8+. The molecule has 0 heterocycles. The summed E-state index contributed by atoms with van der Waals surface area (Å²) in [7, 11) is -2.01. The maximum absolute atomic E-state index is 12.3. The molecule has 7 nitrogen and oxygen atoms in total. The fourth-order valence-electron chi connectivity index (χ4n) is 2.75. The van der Waals surface area contributed by atoms with Gasteiger partial charge in [-0.1, -0.05) is 26.0 Å². The summed E-state index contributed by atoms with van der Waals surface area (Å²) in [5, 5.41) is 2.69. The number of carbonyl (C=O) groups excluding carboxylic acids is 1. The van der Waals surface area contributed by atoms with E-state index in [1.54, 1.807) is 37.5 Å². The highest BCUT2D eigenvalue weighted by Crippen LogP contribution is 2.29. The summed E-state index contributed by atoms with van der Waals surface area (Å²) in [5.41, 5.74) is 1.18. The quantitative estimate of drug-likeness (QED) is 0.544. The van der Waals surface area contributed by atoms with Gasteiger partial charge in [-0.3, -0.25) is 4.79 Å². The van der Waals surface area contributed by atoms with E-state index in [0.717, 1.165) is 18.4 Å². The average molecular weight is 445 g/mol. The lowest BCUT2D eigenvalue weighted by atomic mass is 10.2. The lowest BCUT2D eigenvalue weighted by Crippen LogP contribution is -2.25. The second-order valence-electron chi connectivity index (χ2n) is 7.86. The summed E-state index contributed by atoms with van der Waals surface area (Å²) >= 11 is 0. The van der Waals surface area contributed by atoms with Gasteiger partial charge >= 0.3 is 0 Å². The van der Waals surface area contributed by atoms with Crippen LogP contribution in [0.5, 0.6) is 11.5 Å². The molecule has 0 aromatic heterocycles. The molecule has 0 aliphatic heterocycles. The van der Waals surface area contributed by atoms with Crippen molar-refractivity contribution in [2.24, 2.45) is 5.92 Å². The smallest absolute Gasteiger partial charge is 0.248 e. The van der Waals surface area contributed by atoms with E-state index in [4.69, 9.17) is 9.47 Å². The molecular weight excluding hydrogens is 416 g/mol. The van der Waals surface area contributed by atoms with Crippen LogP contribution < -0.4 is 19.5 Å². The number of amides is 1. The predicted octanol–water partition coefficient (Wildman–Crippen LogP) is 3.82. The van der Waals surface area contributed by atoms with Crippen LogP contribution >= 0.6 is 0 Å². The SMILES string of the molecule is COc1cc(/C=C/C(=O)Nc2cccc(S(=O)(=O)NC3CC3)c2)ccc1OCC(C)C. The van der Waals surface area contributed by atoms with Gasteiger partial charge in [0.05, 0.1) is 18.6 Å². The van der Waals surface area contributed by atoms with Crippen molar-refractivity contribution in [1.29, 1.82) is 0 Å². The molecule has 1 aliphatic rings. The predicted molar refractivity (Wildman–Crippen MR) is 121 cm³/mol. The third-order valence-electron chi connectivity index (χ3n) is 4.50. The molecule has 2 N–H and O–H groups in total. The zero-order chi connectivity index (χ0) is 22.4. The first-order valence-electron chi connectivity index (χ1n) is 10.2. The first-order chi connectivity index (χ1) is 14.8. The Morgan fingerprint density at radius 1 is 1.16 bits per heavy atom. The molecule has 2 aromatic rings. The fourth-order valence-corrected chi connectivity index (χ4v) is 4.10. The van der Waals surface area contributed by atoms with E-state index in [1.807, 2.05) is 6.07 Å². The zero-order valence-corrected chi connectivity index (χ0v) is 18.7. The lowest BCUT2D eigenvalue weighted by Gasteiger charge is -2.12. The van der Waals surface area contributed by atoms with Gasteiger partial charge in [-0.2, -0.15) is 0 Å². The Bertz CT molecular complexity index is 1060. The molecule has 1 amide bonds. The van der Waals surface area contributed by atoms with Crippen molar-refractivity contribution >= 4 is 27.7 Å². The summed E-state index contributed by atoms with van der Waals surface area (Å²) in [6, 6.07) is 11.6. The van der Waals surface area contributed by atoms with E-state index in [0.29, 0.717) is 29.7 Å². The third-order valence-corrected chi connectivity index (χ3v) is 6.02. The summed E-state index contributed by atoms with van der Waals surface area (Å²) in [4.78, 5) is 12.4. The number of anilines is 1. The maximum atomic E-state index is 12.3. The Morgan fingerprint density at radius 3 is 2.61 bits per heavy atom. The molecule has 0 saturated heterocycles. The van der Waals surface area contributed by atoms with Crippen LogP contribution in [-0.2, 0) is 14.8 Å². The maximum Gasteiger partial charge on any atom is 0.248 e. The van der Waals surface area contributed by atoms with E-state index in [2.05, 4.69) is 23.9 Å². The first kappa shape index (κ1) is 22.8. The molecule has 0 unspecified atom stereocenters. The number of hydrogen-bond donors (Lipinski definition) is 2. The molecule has 0 bridgehead atoms. The van der Waals surface area contributed by atoms with Gasteiger partial charge in [-0.25, -0.2) is 13.1 Å². The van der Waals surface area contributed by atoms with Crippen LogP contribution in [0.3, 0.4) is 0 Å². The van der Waals surface area contributed by atoms with E-state index >= 15 is 0 Å². The molecule has 1 saturated carbocycles. The minimum Gasteiger partial charge on any atom is -0.493 e. The summed E-state index contributed by atoms with van der Waals surface area (Å²) in [6.07, 6.45) is 4.75. The first-order valence-corrected chi connectivity index (χ1v) is 11.7. The van der Waals surface area contributed by atoms with Gasteiger partial charge in [0, 0.05) is 17.8 Å². The second-order valence-corrected chi connectivity index (χ2v) is 9.58. The highest BCUT2D eigenvalue weighted by atomic mass is 32.2. The molecule has 8 heteroatoms. The molecular formula is C23H28N2O5S. The molecule has 0 spiro atoms. The number of benzene rings is 2. The Hall–Kier alpha value is -2.84. The van der Waals surface area contributed by atoms with Crippen molar-refractivity contribution in [3.63, 3.8) is 0 Å². The van der Waals surface area contributed by atoms with Gasteiger partial charge in [0.2, 0.25) is 15.9 Å². The van der Waals surface area contributed by atoms with Crippen LogP contribution in [0.15, 0.2) is 53.4 Å². The monoisotopic (exact) mass is 444 g/mol. The molecule has 31 heavy (non-hydrogen) atoms. The molecule has 1 aliphatic carbocycles. The summed E-state index contributed by atoms with van der Waals surface area (Å²) in [6.45, 7) is 4.72. The largest absolute Gasteiger partial charge is 0.493 e. The third kappa shape index (κ3) is 6.83. The van der Waals surface area contributed by atoms with Crippen molar-refractivity contribution in [3.05, 3.63) is 54.1 Å². The van der Waals surface area contributed by atoms with Crippen LogP contribution in [0.4, 0.5) is 5.69 Å². The van der Waals surface area contributed by atoms with Gasteiger partial charge in [0.15, 0.2) is 11.5 Å². The molecule has 2 aromatic carbocycles. The minimum atomic E-state index is -3.58. The normalized spacial score (nSPS) is 14.1. The van der Waals surface area contributed by atoms with Crippen LogP contribution in [0.2, 0.25) is 0 Å². The average Bonchev–Trinajstić information content (AvgIpc) is 3.54. The fraction of sp³-hybridized carbons (Fsp3) is 0.348. The number of hydrogen-bond acceptors (Lipinski definition) is 5. The topological polar surface area (TPSA) is 93.7 Å². The van der Waals surface area contributed by atoms with Gasteiger partial charge < -0.3 is 14.8 Å². The van der Waals surface area contributed by atoms with Crippen LogP contribution in [0.1, 0.15) is 32.3 Å². The molecule has 166 valence electrons. The number of carbonyl (C=O) groups is 1. The Kier molecular flexibility index (Phi) is 7.35. The van der Waals surface area contributed by atoms with Gasteiger partial charge in [-0.05, 0) is 60.7 Å². The van der Waals surface area contributed by atoms with Crippen molar-refractivity contribution in [2.75, 3.05) is 19.0 Å². The zero-order valence-electron chi connectivity index (χ0n) is 17.9. The van der Waals surface area contributed by atoms with Crippen LogP contribution in [0, 0.1) is 5.92 Å². The van der Waals surface area contributed by atoms with E-state index in [-0.39, 0.29) is 16.8 Å². The lowest BCUT2D eigenvalue weighted by molar-refractivity contribution is -0.111. The molecule has 3 rings (SSSR count). The molecule has 1 fully saturated rings. The highest BCUT2D eigenvalue weighted by molar-refractivity contribution is 7.89. The number of methoxy groups -OCH3 is 1. The number of sulfonamides is 1. The van der Waals surface area contributed by atoms with E-state index in [1.165, 1.54) is 18.2 Å². The van der Waals surface area contributed by atoms with Gasteiger partial charge in [0.25, 0.3) is 0 Å². The van der Waals surface area contributed by atoms with Crippen LogP contribution in [-0.4, -0.2) is 34.1 Å². The Balaban J connectivity index is 1.64. The van der Waals surface area contributed by atoms with Crippen molar-refractivity contribution in [3.8, 4) is 11.5 Å². The second kappa shape index (κ2) is 9.98. The van der Waals surface area contributed by atoms with E-state index < -0.39 is 10.0 Å². The summed E-state index contributed by atoms with van der Waals surface area (Å²) < 4.78 is 38.4. The summed E-state index contributed by atoms with van der Waals surface area (Å²) in [5.74, 6) is 1.26. The Morgan fingerprint density at radius 2 is 1.94 bits per heavy atom. The highest BCUT2D eigenvalue weighted by Gasteiger charge is 2.28. The number of ether oxygens (including phenoxy) is 2.